The maximum absolute atomic E-state index is 12.2. The average molecular weight is 398 g/mol. The van der Waals surface area contributed by atoms with E-state index in [1.165, 1.54) is 7.11 Å². The minimum atomic E-state index is -0.442. The largest absolute Gasteiger partial charge is 0.497 e. The first-order valence-corrected chi connectivity index (χ1v) is 9.06. The predicted octanol–water partition coefficient (Wildman–Crippen LogP) is 3.44. The summed E-state index contributed by atoms with van der Waals surface area (Å²) in [6.07, 6.45) is 0.0430. The predicted molar refractivity (Wildman–Crippen MR) is 104 cm³/mol. The van der Waals surface area contributed by atoms with E-state index in [1.54, 1.807) is 25.3 Å². The fraction of sp³-hybridized carbons (Fsp3) is 0.286. The van der Waals surface area contributed by atoms with E-state index in [9.17, 15) is 4.79 Å². The van der Waals surface area contributed by atoms with Gasteiger partial charge in [0.2, 0.25) is 5.82 Å². The van der Waals surface area contributed by atoms with Crippen molar-refractivity contribution >= 4 is 5.97 Å². The third-order valence-corrected chi connectivity index (χ3v) is 4.08. The zero-order chi connectivity index (χ0) is 20.6. The molecule has 0 aliphatic rings. The van der Waals surface area contributed by atoms with Crippen molar-refractivity contribution in [1.29, 1.82) is 0 Å². The van der Waals surface area contributed by atoms with E-state index < -0.39 is 5.97 Å². The van der Waals surface area contributed by atoms with Gasteiger partial charge in [0.25, 0.3) is 5.89 Å². The van der Waals surface area contributed by atoms with E-state index in [1.807, 2.05) is 31.2 Å². The number of ether oxygens (including phenoxy) is 4. The van der Waals surface area contributed by atoms with Crippen molar-refractivity contribution in [3.05, 3.63) is 53.9 Å². The van der Waals surface area contributed by atoms with E-state index in [-0.39, 0.29) is 18.9 Å². The van der Waals surface area contributed by atoms with Gasteiger partial charge in [-0.1, -0.05) is 23.4 Å². The fourth-order valence-corrected chi connectivity index (χ4v) is 2.70. The Kier molecular flexibility index (Phi) is 6.67. The molecule has 0 atom stereocenters. The van der Waals surface area contributed by atoms with E-state index in [2.05, 4.69) is 10.1 Å². The van der Waals surface area contributed by atoms with Crippen LogP contribution in [-0.4, -0.2) is 36.9 Å². The summed E-state index contributed by atoms with van der Waals surface area (Å²) in [4.78, 5) is 16.5. The highest BCUT2D eigenvalue weighted by Crippen LogP contribution is 2.28. The first kappa shape index (κ1) is 20.2. The highest BCUT2D eigenvalue weighted by atomic mass is 16.6. The van der Waals surface area contributed by atoms with Gasteiger partial charge in [0.15, 0.2) is 6.61 Å². The van der Waals surface area contributed by atoms with Crippen LogP contribution in [0, 0.1) is 0 Å². The standard InChI is InChI=1S/C21H22N2O6/c1-4-27-17-8-6-5-7-16(17)21-22-19(29-23-21)13-28-20(24)11-14-9-10-15(25-2)12-18(14)26-3/h5-10,12H,4,11,13H2,1-3H3. The molecule has 0 saturated heterocycles. The first-order chi connectivity index (χ1) is 14.1. The van der Waals surface area contributed by atoms with Crippen LogP contribution in [0.3, 0.4) is 0 Å². The van der Waals surface area contributed by atoms with Crippen LogP contribution < -0.4 is 14.2 Å². The van der Waals surface area contributed by atoms with Gasteiger partial charge in [0.1, 0.15) is 17.2 Å². The summed E-state index contributed by atoms with van der Waals surface area (Å²) in [6.45, 7) is 2.30. The molecule has 0 bridgehead atoms. The summed E-state index contributed by atoms with van der Waals surface area (Å²) in [5.74, 6) is 1.98. The molecule has 1 heterocycles. The van der Waals surface area contributed by atoms with Crippen molar-refractivity contribution in [2.45, 2.75) is 20.0 Å². The lowest BCUT2D eigenvalue weighted by Gasteiger charge is -2.09. The number of carbonyl (C=O) groups is 1. The molecule has 0 amide bonds. The molecular weight excluding hydrogens is 376 g/mol. The Morgan fingerprint density at radius 1 is 1.07 bits per heavy atom. The third-order valence-electron chi connectivity index (χ3n) is 4.08. The molecule has 1 aromatic heterocycles. The van der Waals surface area contributed by atoms with E-state index in [4.69, 9.17) is 23.5 Å². The van der Waals surface area contributed by atoms with Crippen LogP contribution in [0.4, 0.5) is 0 Å². The van der Waals surface area contributed by atoms with Crippen molar-refractivity contribution in [1.82, 2.24) is 10.1 Å². The molecule has 8 nitrogen and oxygen atoms in total. The van der Waals surface area contributed by atoms with Crippen molar-refractivity contribution < 1.29 is 28.3 Å². The van der Waals surface area contributed by atoms with Crippen molar-refractivity contribution in [3.63, 3.8) is 0 Å². The number of aromatic nitrogens is 2. The molecule has 0 radical (unpaired) electrons. The molecule has 0 aliphatic carbocycles. The number of hydrogen-bond acceptors (Lipinski definition) is 8. The second-order valence-electron chi connectivity index (χ2n) is 5.96. The lowest BCUT2D eigenvalue weighted by Crippen LogP contribution is -2.09. The molecule has 0 aliphatic heterocycles. The maximum atomic E-state index is 12.2. The second kappa shape index (κ2) is 9.59. The molecule has 2 aromatic carbocycles. The van der Waals surface area contributed by atoms with Crippen LogP contribution in [0.1, 0.15) is 18.4 Å². The molecule has 152 valence electrons. The van der Waals surface area contributed by atoms with Crippen LogP contribution in [-0.2, 0) is 22.6 Å². The third kappa shape index (κ3) is 5.04. The molecular formula is C21H22N2O6. The van der Waals surface area contributed by atoms with Crippen LogP contribution in [0.5, 0.6) is 17.2 Å². The van der Waals surface area contributed by atoms with Gasteiger partial charge in [0, 0.05) is 11.6 Å². The van der Waals surface area contributed by atoms with Gasteiger partial charge in [0.05, 0.1) is 32.8 Å². The monoisotopic (exact) mass is 398 g/mol. The number of benzene rings is 2. The van der Waals surface area contributed by atoms with E-state index >= 15 is 0 Å². The van der Waals surface area contributed by atoms with Gasteiger partial charge < -0.3 is 23.5 Å². The molecule has 0 unspecified atom stereocenters. The summed E-state index contributed by atoms with van der Waals surface area (Å²) in [5, 5.41) is 3.95. The van der Waals surface area contributed by atoms with Crippen molar-refractivity contribution in [2.24, 2.45) is 0 Å². The molecule has 3 aromatic rings. The summed E-state index contributed by atoms with van der Waals surface area (Å²) in [5.41, 5.74) is 1.40. The lowest BCUT2D eigenvalue weighted by atomic mass is 10.1. The first-order valence-electron chi connectivity index (χ1n) is 9.06. The minimum Gasteiger partial charge on any atom is -0.497 e. The van der Waals surface area contributed by atoms with Crippen LogP contribution in [0.2, 0.25) is 0 Å². The van der Waals surface area contributed by atoms with E-state index in [0.29, 0.717) is 40.8 Å². The van der Waals surface area contributed by atoms with Gasteiger partial charge in [-0.25, -0.2) is 0 Å². The Morgan fingerprint density at radius 3 is 2.66 bits per heavy atom. The Bertz CT molecular complexity index is 969. The smallest absolute Gasteiger partial charge is 0.310 e. The maximum Gasteiger partial charge on any atom is 0.310 e. The highest BCUT2D eigenvalue weighted by Gasteiger charge is 2.16. The van der Waals surface area contributed by atoms with Gasteiger partial charge in [-0.05, 0) is 25.1 Å². The number of nitrogens with zero attached hydrogens (tertiary/aromatic N) is 2. The summed E-state index contributed by atoms with van der Waals surface area (Å²) < 4.78 is 26.5. The SMILES string of the molecule is CCOc1ccccc1-c1noc(COC(=O)Cc2ccc(OC)cc2OC)n1. The molecule has 29 heavy (non-hydrogen) atoms. The van der Waals surface area contributed by atoms with Crippen LogP contribution in [0.15, 0.2) is 47.0 Å². The van der Waals surface area contributed by atoms with Crippen molar-refractivity contribution in [3.8, 4) is 28.6 Å². The van der Waals surface area contributed by atoms with Crippen LogP contribution in [0.25, 0.3) is 11.4 Å². The topological polar surface area (TPSA) is 92.9 Å². The Hall–Kier alpha value is -3.55. The Balaban J connectivity index is 1.62. The highest BCUT2D eigenvalue weighted by molar-refractivity contribution is 5.73. The number of rotatable bonds is 9. The second-order valence-corrected chi connectivity index (χ2v) is 5.96. The summed E-state index contributed by atoms with van der Waals surface area (Å²) >= 11 is 0. The molecule has 0 spiro atoms. The zero-order valence-corrected chi connectivity index (χ0v) is 16.5. The van der Waals surface area contributed by atoms with Gasteiger partial charge >= 0.3 is 5.97 Å². The minimum absolute atomic E-state index is 0.0430. The van der Waals surface area contributed by atoms with Gasteiger partial charge in [-0.15, -0.1) is 0 Å². The summed E-state index contributed by atoms with van der Waals surface area (Å²) in [7, 11) is 3.10. The summed E-state index contributed by atoms with van der Waals surface area (Å²) in [6, 6.07) is 12.6. The normalized spacial score (nSPS) is 10.4. The lowest BCUT2D eigenvalue weighted by molar-refractivity contribution is -0.144. The molecule has 0 N–H and O–H groups in total. The van der Waals surface area contributed by atoms with E-state index in [0.717, 1.165) is 0 Å². The number of hydrogen-bond donors (Lipinski definition) is 0. The van der Waals surface area contributed by atoms with Crippen LogP contribution >= 0.6 is 0 Å². The van der Waals surface area contributed by atoms with Crippen molar-refractivity contribution in [2.75, 3.05) is 20.8 Å². The van der Waals surface area contributed by atoms with Gasteiger partial charge in [-0.2, -0.15) is 4.98 Å². The molecule has 3 rings (SSSR count). The quantitative estimate of drug-likeness (QED) is 0.506. The molecule has 8 heteroatoms. The number of para-hydroxylation sites is 1. The molecule has 0 fully saturated rings. The number of carbonyl (C=O) groups excluding carboxylic acids is 1. The number of methoxy groups -OCH3 is 2. The average Bonchev–Trinajstić information content (AvgIpc) is 3.22. The fourth-order valence-electron chi connectivity index (χ4n) is 2.70. The Morgan fingerprint density at radius 2 is 1.90 bits per heavy atom. The number of esters is 1. The Labute approximate surface area is 168 Å². The molecule has 0 saturated carbocycles. The zero-order valence-electron chi connectivity index (χ0n) is 16.5. The van der Waals surface area contributed by atoms with Gasteiger partial charge in [-0.3, -0.25) is 4.79 Å².